The quantitative estimate of drug-likeness (QED) is 0.496. The second kappa shape index (κ2) is 7.51. The van der Waals surface area contributed by atoms with Crippen molar-refractivity contribution in [2.75, 3.05) is 0 Å². The number of nitrogens with one attached hydrogen (secondary N) is 1. The van der Waals surface area contributed by atoms with Crippen LogP contribution >= 0.6 is 11.3 Å². The number of aromatic nitrogens is 3. The highest BCUT2D eigenvalue weighted by Crippen LogP contribution is 2.28. The lowest BCUT2D eigenvalue weighted by atomic mass is 10.1. The summed E-state index contributed by atoms with van der Waals surface area (Å²) in [5.74, 6) is 0.668. The van der Waals surface area contributed by atoms with Crippen molar-refractivity contribution in [3.05, 3.63) is 65.1 Å². The van der Waals surface area contributed by atoms with Crippen LogP contribution in [0, 0.1) is 12.7 Å². The summed E-state index contributed by atoms with van der Waals surface area (Å²) >= 11 is 1.53. The number of thiazole rings is 1. The summed E-state index contributed by atoms with van der Waals surface area (Å²) in [7, 11) is 0. The van der Waals surface area contributed by atoms with Crippen LogP contribution in [-0.2, 0) is 13.0 Å². The van der Waals surface area contributed by atoms with E-state index >= 15 is 0 Å². The minimum absolute atomic E-state index is 0.253. The first-order valence-electron chi connectivity index (χ1n) is 8.43. The van der Waals surface area contributed by atoms with Gasteiger partial charge in [-0.15, -0.1) is 21.5 Å². The van der Waals surface area contributed by atoms with E-state index in [0.717, 1.165) is 26.4 Å². The molecule has 4 rings (SSSR count). The molecule has 2 aromatic carbocycles. The third-order valence-electron chi connectivity index (χ3n) is 4.04. The number of rotatable bonds is 6. The molecule has 2 heterocycles. The number of hydrogen-bond acceptors (Lipinski definition) is 7. The van der Waals surface area contributed by atoms with Crippen molar-refractivity contribution in [2.24, 2.45) is 0 Å². The van der Waals surface area contributed by atoms with Gasteiger partial charge in [-0.1, -0.05) is 18.2 Å². The molecule has 0 radical (unpaired) electrons. The monoisotopic (exact) mass is 384 g/mol. The standard InChI is InChI=1S/C19H17FN4O2S/c1-11-23-24-18(26-11)10-21-17(25)9-19-22-15-7-4-13(8-16(15)27-19)12-2-5-14(20)6-3-12/h2-8,17,21,25H,9-10H2,1H3. The summed E-state index contributed by atoms with van der Waals surface area (Å²) in [4.78, 5) is 4.57. The number of aryl methyl sites for hydroxylation is 1. The van der Waals surface area contributed by atoms with E-state index in [1.807, 2.05) is 18.2 Å². The molecular weight excluding hydrogens is 367 g/mol. The van der Waals surface area contributed by atoms with Crippen molar-refractivity contribution in [3.8, 4) is 11.1 Å². The number of aliphatic hydroxyl groups excluding tert-OH is 1. The third-order valence-corrected chi connectivity index (χ3v) is 5.08. The Labute approximate surface area is 158 Å². The van der Waals surface area contributed by atoms with E-state index in [0.29, 0.717) is 24.7 Å². The molecule has 0 bridgehead atoms. The normalized spacial score (nSPS) is 12.6. The summed E-state index contributed by atoms with van der Waals surface area (Å²) < 4.78 is 19.4. The van der Waals surface area contributed by atoms with Gasteiger partial charge >= 0.3 is 0 Å². The summed E-state index contributed by atoms with van der Waals surface area (Å²) in [5, 5.41) is 21.6. The Kier molecular flexibility index (Phi) is 4.93. The van der Waals surface area contributed by atoms with Gasteiger partial charge in [0.1, 0.15) is 12.0 Å². The van der Waals surface area contributed by atoms with Crippen molar-refractivity contribution in [1.82, 2.24) is 20.5 Å². The zero-order valence-corrected chi connectivity index (χ0v) is 15.3. The lowest BCUT2D eigenvalue weighted by molar-refractivity contribution is 0.132. The first kappa shape index (κ1) is 17.7. The van der Waals surface area contributed by atoms with Crippen LogP contribution < -0.4 is 5.32 Å². The molecule has 2 aromatic heterocycles. The molecule has 0 aliphatic carbocycles. The Morgan fingerprint density at radius 1 is 1.15 bits per heavy atom. The van der Waals surface area contributed by atoms with Gasteiger partial charge in [0.05, 0.1) is 21.8 Å². The molecule has 2 N–H and O–H groups in total. The maximum Gasteiger partial charge on any atom is 0.230 e. The maximum absolute atomic E-state index is 13.1. The van der Waals surface area contributed by atoms with Crippen molar-refractivity contribution >= 4 is 21.6 Å². The topological polar surface area (TPSA) is 84.1 Å². The molecule has 27 heavy (non-hydrogen) atoms. The molecule has 0 aliphatic heterocycles. The second-order valence-electron chi connectivity index (χ2n) is 6.11. The number of fused-ring (bicyclic) bond motifs is 1. The molecule has 0 fully saturated rings. The predicted molar refractivity (Wildman–Crippen MR) is 101 cm³/mol. The maximum atomic E-state index is 13.1. The van der Waals surface area contributed by atoms with E-state index in [2.05, 4.69) is 20.5 Å². The summed E-state index contributed by atoms with van der Waals surface area (Å²) in [6, 6.07) is 12.3. The van der Waals surface area contributed by atoms with Crippen LogP contribution in [-0.4, -0.2) is 26.5 Å². The largest absolute Gasteiger partial charge is 0.424 e. The molecule has 0 aliphatic rings. The highest BCUT2D eigenvalue weighted by molar-refractivity contribution is 7.18. The van der Waals surface area contributed by atoms with Crippen LogP contribution in [0.25, 0.3) is 21.3 Å². The predicted octanol–water partition coefficient (Wildman–Crippen LogP) is 3.44. The van der Waals surface area contributed by atoms with Crippen LogP contribution in [0.3, 0.4) is 0 Å². The molecule has 138 valence electrons. The van der Waals surface area contributed by atoms with Gasteiger partial charge in [0, 0.05) is 13.3 Å². The number of nitrogens with zero attached hydrogens (tertiary/aromatic N) is 3. The van der Waals surface area contributed by atoms with Gasteiger partial charge in [0.25, 0.3) is 0 Å². The van der Waals surface area contributed by atoms with Crippen LogP contribution in [0.2, 0.25) is 0 Å². The van der Waals surface area contributed by atoms with Gasteiger partial charge in [-0.05, 0) is 35.4 Å². The van der Waals surface area contributed by atoms with E-state index in [1.54, 1.807) is 19.1 Å². The summed E-state index contributed by atoms with van der Waals surface area (Å²) in [5.41, 5.74) is 2.83. The molecule has 0 spiro atoms. The molecule has 8 heteroatoms. The first-order chi connectivity index (χ1) is 13.1. The van der Waals surface area contributed by atoms with Gasteiger partial charge in [-0.2, -0.15) is 0 Å². The number of benzene rings is 2. The average molecular weight is 384 g/mol. The van der Waals surface area contributed by atoms with Crippen LogP contribution in [0.15, 0.2) is 46.9 Å². The third kappa shape index (κ3) is 4.19. The highest BCUT2D eigenvalue weighted by atomic mass is 32.1. The van der Waals surface area contributed by atoms with Crippen LogP contribution in [0.4, 0.5) is 4.39 Å². The minimum atomic E-state index is -0.769. The van der Waals surface area contributed by atoms with E-state index in [4.69, 9.17) is 4.42 Å². The number of hydrogen-bond donors (Lipinski definition) is 2. The van der Waals surface area contributed by atoms with Gasteiger partial charge in [0.2, 0.25) is 11.8 Å². The van der Waals surface area contributed by atoms with Crippen molar-refractivity contribution in [1.29, 1.82) is 0 Å². The van der Waals surface area contributed by atoms with Gasteiger partial charge in [-0.25, -0.2) is 9.37 Å². The number of aliphatic hydroxyl groups is 1. The van der Waals surface area contributed by atoms with Crippen molar-refractivity contribution < 1.29 is 13.9 Å². The fourth-order valence-electron chi connectivity index (χ4n) is 2.73. The molecule has 6 nitrogen and oxygen atoms in total. The van der Waals surface area contributed by atoms with Crippen molar-refractivity contribution in [3.63, 3.8) is 0 Å². The lowest BCUT2D eigenvalue weighted by Crippen LogP contribution is -2.30. The number of halogens is 1. The van der Waals surface area contributed by atoms with E-state index in [9.17, 15) is 9.50 Å². The molecule has 0 saturated carbocycles. The summed E-state index contributed by atoms with van der Waals surface area (Å²) in [6.45, 7) is 2.01. The molecule has 0 saturated heterocycles. The highest BCUT2D eigenvalue weighted by Gasteiger charge is 2.12. The van der Waals surface area contributed by atoms with E-state index in [-0.39, 0.29) is 5.82 Å². The van der Waals surface area contributed by atoms with Gasteiger partial charge < -0.3 is 9.52 Å². The first-order valence-corrected chi connectivity index (χ1v) is 9.24. The Morgan fingerprint density at radius 2 is 1.93 bits per heavy atom. The Hall–Kier alpha value is -2.68. The molecule has 0 amide bonds. The Bertz CT molecular complexity index is 1060. The van der Waals surface area contributed by atoms with Crippen molar-refractivity contribution in [2.45, 2.75) is 26.1 Å². The van der Waals surface area contributed by atoms with Crippen LogP contribution in [0.5, 0.6) is 0 Å². The molecule has 1 unspecified atom stereocenters. The van der Waals surface area contributed by atoms with E-state index < -0.39 is 6.23 Å². The van der Waals surface area contributed by atoms with E-state index in [1.165, 1.54) is 23.5 Å². The zero-order chi connectivity index (χ0) is 18.8. The Balaban J connectivity index is 1.45. The Morgan fingerprint density at radius 3 is 2.67 bits per heavy atom. The van der Waals surface area contributed by atoms with Crippen LogP contribution in [0.1, 0.15) is 16.8 Å². The molecular formula is C19H17FN4O2S. The zero-order valence-electron chi connectivity index (χ0n) is 14.5. The fourth-order valence-corrected chi connectivity index (χ4v) is 3.78. The van der Waals surface area contributed by atoms with Gasteiger partial charge in [-0.3, -0.25) is 5.32 Å². The fraction of sp³-hybridized carbons (Fsp3) is 0.211. The second-order valence-corrected chi connectivity index (χ2v) is 7.23. The SMILES string of the molecule is Cc1nnc(CNC(O)Cc2nc3ccc(-c4ccc(F)cc4)cc3s2)o1. The smallest absolute Gasteiger partial charge is 0.230 e. The average Bonchev–Trinajstić information content (AvgIpc) is 3.25. The minimum Gasteiger partial charge on any atom is -0.424 e. The van der Waals surface area contributed by atoms with Gasteiger partial charge in [0.15, 0.2) is 0 Å². The lowest BCUT2D eigenvalue weighted by Gasteiger charge is -2.08. The molecule has 1 atom stereocenters. The summed E-state index contributed by atoms with van der Waals surface area (Å²) in [6.07, 6.45) is -0.396. The molecule has 4 aromatic rings.